The maximum atomic E-state index is 12.7. The van der Waals surface area contributed by atoms with Gasteiger partial charge < -0.3 is 73.6 Å². The number of carbonyl (C=O) groups excluding carboxylic acids is 2. The molecule has 24 heteroatoms. The van der Waals surface area contributed by atoms with Gasteiger partial charge in [-0.15, -0.1) is 0 Å². The second kappa shape index (κ2) is 25.2. The highest BCUT2D eigenvalue weighted by Gasteiger charge is 2.34. The molecular weight excluding hydrogens is 826 g/mol. The van der Waals surface area contributed by atoms with Crippen molar-refractivity contribution in [3.05, 3.63) is 58.6 Å². The molecule has 0 aliphatic heterocycles. The molecule has 2 amide bonds. The van der Waals surface area contributed by atoms with E-state index in [0.29, 0.717) is 30.8 Å². The highest BCUT2D eigenvalue weighted by molar-refractivity contribution is 6.31. The van der Waals surface area contributed by atoms with Crippen LogP contribution in [0.5, 0.6) is 0 Å². The predicted molar refractivity (Wildman–Crippen MR) is 220 cm³/mol. The van der Waals surface area contributed by atoms with Crippen molar-refractivity contribution >= 4 is 41.0 Å². The van der Waals surface area contributed by atoms with Crippen LogP contribution in [0.3, 0.4) is 0 Å². The lowest BCUT2D eigenvalue weighted by molar-refractivity contribution is -0.130. The number of guanidine groups is 1. The molecule has 0 aliphatic rings. The van der Waals surface area contributed by atoms with Crippen LogP contribution in [0.1, 0.15) is 40.9 Å². The van der Waals surface area contributed by atoms with Crippen LogP contribution < -0.4 is 27.8 Å². The molecule has 0 aliphatic carbocycles. The number of hydrogen-bond donors (Lipinski definition) is 15. The Morgan fingerprint density at radius 1 is 0.754 bits per heavy atom. The quantitative estimate of drug-likeness (QED) is 0.0215. The highest BCUT2D eigenvalue weighted by Crippen LogP contribution is 2.19. The van der Waals surface area contributed by atoms with Crippen LogP contribution in [-0.2, 0) is 17.6 Å². The lowest BCUT2D eigenvalue weighted by Gasteiger charge is -2.33. The van der Waals surface area contributed by atoms with Crippen molar-refractivity contribution in [3.63, 3.8) is 0 Å². The molecule has 0 spiro atoms. The summed E-state index contributed by atoms with van der Waals surface area (Å²) >= 11 is 5.82. The number of nitrogens with zero attached hydrogens (tertiary/aromatic N) is 6. The number of nitrogens with one attached hydrogen (secondary N) is 2. The minimum Gasteiger partial charge on any atom is -0.394 e. The van der Waals surface area contributed by atoms with E-state index in [2.05, 4.69) is 35.6 Å². The smallest absolute Gasteiger partial charge is 0.280 e. The number of halogens is 1. The Bertz CT molecular complexity index is 1820. The van der Waals surface area contributed by atoms with Gasteiger partial charge in [0, 0.05) is 57.1 Å². The van der Waals surface area contributed by atoms with E-state index in [9.17, 15) is 50.4 Å². The van der Waals surface area contributed by atoms with Gasteiger partial charge in [-0.05, 0) is 36.8 Å². The standard InChI is InChI=1S/C37H56ClN11O12/c38-32-34(40)47-33(39)27(46-32)36(61)48-37(41)43-10-2-1-3-19-4-7-21(8-5-19)35-44-13-20(14-45-35)6-9-26(56)42-11-12-49(15-22(52)28(57)30(59)24(54)17-50)16-23(53)29(58)31(60)25(55)18-51/h4-5,7-8,13-14,22-25,28-31,50-55,57-60H,1-3,6,9-12,15-18H2,(H,42,56)(H4,39,40,47)(H3,41,43,48,61)/t22-,23-,24+,25+,28+,29+,30+,31+/m0/s1. The average Bonchev–Trinajstić information content (AvgIpc) is 3.25. The van der Waals surface area contributed by atoms with Crippen LogP contribution in [0, 0.1) is 0 Å². The van der Waals surface area contributed by atoms with Crippen LogP contribution in [0.15, 0.2) is 41.7 Å². The number of aryl methyl sites for hydroxylation is 2. The molecule has 0 unspecified atom stereocenters. The summed E-state index contributed by atoms with van der Waals surface area (Å²) < 4.78 is 0. The molecule has 61 heavy (non-hydrogen) atoms. The number of amides is 2. The fraction of sp³-hybridized carbons (Fsp3) is 0.541. The van der Waals surface area contributed by atoms with E-state index in [0.717, 1.165) is 24.0 Å². The molecule has 23 nitrogen and oxygen atoms in total. The minimum atomic E-state index is -1.93. The molecule has 0 radical (unpaired) electrons. The largest absolute Gasteiger partial charge is 0.394 e. The van der Waals surface area contributed by atoms with Crippen LogP contribution in [-0.4, -0.2) is 188 Å². The Balaban J connectivity index is 1.44. The second-order valence-corrected chi connectivity index (χ2v) is 14.5. The Hall–Kier alpha value is -4.76. The minimum absolute atomic E-state index is 0.0449. The number of nitrogens with two attached hydrogens (primary N) is 3. The molecule has 0 fully saturated rings. The zero-order valence-corrected chi connectivity index (χ0v) is 33.9. The zero-order chi connectivity index (χ0) is 45.2. The first-order valence-electron chi connectivity index (χ1n) is 19.2. The SMILES string of the molecule is NC(=NCCCCc1ccc(-c2ncc(CCC(=O)NCCN(C[C@H](O)[C@@H](O)[C@H](O)[C@H](O)CO)C[C@H](O)[C@@H](O)[C@H](O)[C@H](O)CO)cn2)cc1)NC(=O)c1nc(Cl)c(N)nc1N. The number of rotatable bonds is 25. The molecule has 8 atom stereocenters. The molecule has 2 aromatic heterocycles. The number of aromatic nitrogens is 4. The fourth-order valence-corrected chi connectivity index (χ4v) is 5.87. The van der Waals surface area contributed by atoms with E-state index in [1.165, 1.54) is 4.90 Å². The third-order valence-corrected chi connectivity index (χ3v) is 9.65. The van der Waals surface area contributed by atoms with Gasteiger partial charge in [-0.25, -0.2) is 19.9 Å². The number of nitrogen functional groups attached to an aromatic ring is 2. The van der Waals surface area contributed by atoms with E-state index < -0.39 is 81.0 Å². The number of anilines is 2. The predicted octanol–water partition coefficient (Wildman–Crippen LogP) is -4.96. The van der Waals surface area contributed by atoms with Gasteiger partial charge in [0.25, 0.3) is 5.91 Å². The summed E-state index contributed by atoms with van der Waals surface area (Å²) in [5.41, 5.74) is 19.3. The molecule has 3 aromatic rings. The molecule has 0 bridgehead atoms. The zero-order valence-electron chi connectivity index (χ0n) is 33.2. The van der Waals surface area contributed by atoms with Crippen molar-refractivity contribution < 1.29 is 60.7 Å². The van der Waals surface area contributed by atoms with Gasteiger partial charge in [0.2, 0.25) is 5.91 Å². The number of aliphatic hydroxyl groups excluding tert-OH is 10. The van der Waals surface area contributed by atoms with Crippen molar-refractivity contribution in [2.75, 3.05) is 57.4 Å². The summed E-state index contributed by atoms with van der Waals surface area (Å²) in [7, 11) is 0. The number of aliphatic hydroxyl groups is 10. The molecular formula is C37H56ClN11O12. The summed E-state index contributed by atoms with van der Waals surface area (Å²) in [6, 6.07) is 7.71. The lowest BCUT2D eigenvalue weighted by Crippen LogP contribution is -2.54. The topological polar surface area (TPSA) is 406 Å². The Morgan fingerprint density at radius 3 is 1.87 bits per heavy atom. The summed E-state index contributed by atoms with van der Waals surface area (Å²) in [6.45, 7) is -2.48. The first-order chi connectivity index (χ1) is 28.9. The van der Waals surface area contributed by atoms with Gasteiger partial charge in [-0.2, -0.15) is 0 Å². The summed E-state index contributed by atoms with van der Waals surface area (Å²) in [5, 5.41) is 104. The third kappa shape index (κ3) is 16.2. The van der Waals surface area contributed by atoms with Crippen LogP contribution in [0.2, 0.25) is 5.15 Å². The van der Waals surface area contributed by atoms with Crippen LogP contribution in [0.4, 0.5) is 11.6 Å². The highest BCUT2D eigenvalue weighted by atomic mass is 35.5. The number of carbonyl (C=O) groups is 2. The first-order valence-corrected chi connectivity index (χ1v) is 19.6. The molecule has 3 rings (SSSR count). The van der Waals surface area contributed by atoms with Gasteiger partial charge in [-0.1, -0.05) is 35.9 Å². The van der Waals surface area contributed by atoms with Crippen molar-refractivity contribution in [1.82, 2.24) is 35.5 Å². The fourth-order valence-electron chi connectivity index (χ4n) is 5.75. The third-order valence-electron chi connectivity index (χ3n) is 9.37. The molecule has 338 valence electrons. The number of hydrogen-bond acceptors (Lipinski definition) is 20. The number of benzene rings is 1. The van der Waals surface area contributed by atoms with Gasteiger partial charge in [-0.3, -0.25) is 24.8 Å². The van der Waals surface area contributed by atoms with E-state index in [1.807, 2.05) is 24.3 Å². The average molecular weight is 882 g/mol. The van der Waals surface area contributed by atoms with Crippen LogP contribution in [0.25, 0.3) is 11.4 Å². The number of aliphatic imine (C=N–C) groups is 1. The van der Waals surface area contributed by atoms with Gasteiger partial charge in [0.1, 0.15) is 36.6 Å². The van der Waals surface area contributed by atoms with Crippen LogP contribution >= 0.6 is 11.6 Å². The van der Waals surface area contributed by atoms with Gasteiger partial charge in [0.05, 0.1) is 25.4 Å². The normalized spacial score (nSPS) is 16.0. The molecule has 0 saturated heterocycles. The van der Waals surface area contributed by atoms with Gasteiger partial charge in [0.15, 0.2) is 34.3 Å². The Morgan fingerprint density at radius 2 is 1.31 bits per heavy atom. The molecule has 0 saturated carbocycles. The van der Waals surface area contributed by atoms with Crippen molar-refractivity contribution in [2.45, 2.75) is 80.9 Å². The van der Waals surface area contributed by atoms with Crippen molar-refractivity contribution in [1.29, 1.82) is 0 Å². The molecule has 1 aromatic carbocycles. The van der Waals surface area contributed by atoms with Gasteiger partial charge >= 0.3 is 0 Å². The first kappa shape index (κ1) is 50.6. The monoisotopic (exact) mass is 881 g/mol. The molecule has 2 heterocycles. The van der Waals surface area contributed by atoms with E-state index in [1.54, 1.807) is 12.4 Å². The lowest BCUT2D eigenvalue weighted by atomic mass is 10.0. The van der Waals surface area contributed by atoms with E-state index in [-0.39, 0.29) is 53.9 Å². The maximum absolute atomic E-state index is 12.7. The summed E-state index contributed by atoms with van der Waals surface area (Å²) in [5.74, 6) is -1.02. The summed E-state index contributed by atoms with van der Waals surface area (Å²) in [6.07, 6.45) is -8.91. The molecule has 18 N–H and O–H groups in total. The second-order valence-electron chi connectivity index (χ2n) is 14.1. The number of unbranched alkanes of at least 4 members (excludes halogenated alkanes) is 1. The van der Waals surface area contributed by atoms with Crippen molar-refractivity contribution in [2.24, 2.45) is 10.7 Å². The van der Waals surface area contributed by atoms with E-state index >= 15 is 0 Å². The Kier molecular flexibility index (Phi) is 20.9. The van der Waals surface area contributed by atoms with Crippen molar-refractivity contribution in [3.8, 4) is 11.4 Å². The Labute approximate surface area is 355 Å². The summed E-state index contributed by atoms with van der Waals surface area (Å²) in [4.78, 5) is 46.9. The van der Waals surface area contributed by atoms with E-state index in [4.69, 9.17) is 39.0 Å². The maximum Gasteiger partial charge on any atom is 0.280 e.